The topological polar surface area (TPSA) is 44.8 Å². The van der Waals surface area contributed by atoms with Crippen LogP contribution in [0.1, 0.15) is 15.9 Å². The fourth-order valence-electron chi connectivity index (χ4n) is 2.15. The van der Waals surface area contributed by atoms with E-state index in [1.165, 1.54) is 44.6 Å². The van der Waals surface area contributed by atoms with Gasteiger partial charge in [-0.05, 0) is 42.0 Å². The Balaban J connectivity index is 2.33. The number of rotatable bonds is 7. The highest BCUT2D eigenvalue weighted by atomic mass is 35.5. The molecule has 26 heavy (non-hydrogen) atoms. The lowest BCUT2D eigenvalue weighted by atomic mass is 10.1. The summed E-state index contributed by atoms with van der Waals surface area (Å²) in [5, 5.41) is -0.0181. The SMILES string of the molecule is COc1cc(/C=C/C(=O)c2ccc(F)cc2Cl)cc(OC)c1OC(F)F. The molecule has 8 heteroatoms. The fraction of sp³-hybridized carbons (Fsp3) is 0.167. The Morgan fingerprint density at radius 1 is 1.12 bits per heavy atom. The number of hydrogen-bond acceptors (Lipinski definition) is 4. The quantitative estimate of drug-likeness (QED) is 0.496. The molecule has 2 aromatic rings. The molecule has 0 aliphatic heterocycles. The molecule has 0 saturated carbocycles. The predicted molar refractivity (Wildman–Crippen MR) is 91.0 cm³/mol. The molecule has 0 fully saturated rings. The molecule has 0 aliphatic carbocycles. The number of hydrogen-bond donors (Lipinski definition) is 0. The second-order valence-electron chi connectivity index (χ2n) is 4.95. The summed E-state index contributed by atoms with van der Waals surface area (Å²) < 4.78 is 52.6. The van der Waals surface area contributed by atoms with Gasteiger partial charge < -0.3 is 14.2 Å². The number of ketones is 1. The highest BCUT2D eigenvalue weighted by Gasteiger charge is 2.17. The third kappa shape index (κ3) is 4.70. The van der Waals surface area contributed by atoms with Crippen molar-refractivity contribution in [1.29, 1.82) is 0 Å². The molecule has 2 rings (SSSR count). The van der Waals surface area contributed by atoms with Crippen LogP contribution in [0.15, 0.2) is 36.4 Å². The third-order valence-corrected chi connectivity index (χ3v) is 3.63. The van der Waals surface area contributed by atoms with Gasteiger partial charge in [-0.1, -0.05) is 17.7 Å². The minimum Gasteiger partial charge on any atom is -0.493 e. The first kappa shape index (κ1) is 19.7. The van der Waals surface area contributed by atoms with Gasteiger partial charge in [0.2, 0.25) is 5.75 Å². The van der Waals surface area contributed by atoms with Gasteiger partial charge in [-0.25, -0.2) is 4.39 Å². The maximum Gasteiger partial charge on any atom is 0.387 e. The van der Waals surface area contributed by atoms with Gasteiger partial charge in [0.25, 0.3) is 0 Å². The van der Waals surface area contributed by atoms with E-state index in [0.29, 0.717) is 5.56 Å². The molecule has 0 amide bonds. The van der Waals surface area contributed by atoms with E-state index in [2.05, 4.69) is 4.74 Å². The van der Waals surface area contributed by atoms with Gasteiger partial charge in [-0.2, -0.15) is 8.78 Å². The lowest BCUT2D eigenvalue weighted by Gasteiger charge is -2.14. The lowest BCUT2D eigenvalue weighted by Crippen LogP contribution is -2.05. The van der Waals surface area contributed by atoms with Crippen LogP contribution in [0.25, 0.3) is 6.08 Å². The van der Waals surface area contributed by atoms with Crippen LogP contribution in [0, 0.1) is 5.82 Å². The molecule has 0 bridgehead atoms. The van der Waals surface area contributed by atoms with Crippen molar-refractivity contribution < 1.29 is 32.2 Å². The van der Waals surface area contributed by atoms with E-state index in [1.807, 2.05) is 0 Å². The molecular weight excluding hydrogens is 373 g/mol. The summed E-state index contributed by atoms with van der Waals surface area (Å²) in [5.41, 5.74) is 0.563. The van der Waals surface area contributed by atoms with Crippen LogP contribution in [-0.4, -0.2) is 26.6 Å². The Bertz CT molecular complexity index is 812. The molecule has 0 saturated heterocycles. The standard InChI is InChI=1S/C18H14ClF3O4/c1-24-15-7-10(8-16(25-2)17(15)26-18(21)22)3-6-14(23)12-5-4-11(20)9-13(12)19/h3-9,18H,1-2H3/b6-3+. The summed E-state index contributed by atoms with van der Waals surface area (Å²) in [6, 6.07) is 6.22. The second kappa shape index (κ2) is 8.62. The maximum absolute atomic E-state index is 13.0. The number of carbonyl (C=O) groups excluding carboxylic acids is 1. The molecule has 0 unspecified atom stereocenters. The van der Waals surface area contributed by atoms with Crippen molar-refractivity contribution in [2.45, 2.75) is 6.61 Å². The molecule has 2 aromatic carbocycles. The first-order valence-electron chi connectivity index (χ1n) is 7.24. The number of ether oxygens (including phenoxy) is 3. The molecule has 0 aromatic heterocycles. The number of methoxy groups -OCH3 is 2. The van der Waals surface area contributed by atoms with Crippen LogP contribution < -0.4 is 14.2 Å². The van der Waals surface area contributed by atoms with Crippen LogP contribution in [0.3, 0.4) is 0 Å². The zero-order chi connectivity index (χ0) is 19.3. The number of halogens is 4. The average molecular weight is 387 g/mol. The number of carbonyl (C=O) groups is 1. The number of benzene rings is 2. The van der Waals surface area contributed by atoms with Crippen LogP contribution >= 0.6 is 11.6 Å². The van der Waals surface area contributed by atoms with E-state index >= 15 is 0 Å². The highest BCUT2D eigenvalue weighted by Crippen LogP contribution is 2.39. The summed E-state index contributed by atoms with van der Waals surface area (Å²) in [6.07, 6.45) is 2.63. The molecule has 0 atom stereocenters. The maximum atomic E-state index is 13.0. The van der Waals surface area contributed by atoms with Crippen molar-refractivity contribution in [2.24, 2.45) is 0 Å². The number of allylic oxidation sites excluding steroid dienone is 1. The summed E-state index contributed by atoms with van der Waals surface area (Å²) >= 11 is 5.85. The lowest BCUT2D eigenvalue weighted by molar-refractivity contribution is -0.0526. The van der Waals surface area contributed by atoms with Crippen LogP contribution in [0.5, 0.6) is 17.2 Å². The van der Waals surface area contributed by atoms with Gasteiger partial charge in [-0.3, -0.25) is 4.79 Å². The molecule has 0 heterocycles. The zero-order valence-corrected chi connectivity index (χ0v) is 14.5. The Morgan fingerprint density at radius 3 is 2.23 bits per heavy atom. The molecule has 0 N–H and O–H groups in total. The zero-order valence-electron chi connectivity index (χ0n) is 13.8. The first-order valence-corrected chi connectivity index (χ1v) is 7.61. The van der Waals surface area contributed by atoms with Crippen LogP contribution in [0.4, 0.5) is 13.2 Å². The minimum atomic E-state index is -3.05. The average Bonchev–Trinajstić information content (AvgIpc) is 2.59. The van der Waals surface area contributed by atoms with Gasteiger partial charge in [0, 0.05) is 5.56 Å². The Kier molecular flexibility index (Phi) is 6.52. The van der Waals surface area contributed by atoms with Gasteiger partial charge in [0.1, 0.15) is 5.82 Å². The predicted octanol–water partition coefficient (Wildman–Crippen LogP) is 4.99. The van der Waals surface area contributed by atoms with Crippen molar-refractivity contribution in [3.05, 3.63) is 58.4 Å². The molecule has 138 valence electrons. The molecule has 0 aliphatic rings. The first-order chi connectivity index (χ1) is 12.3. The Hall–Kier alpha value is -2.67. The summed E-state index contributed by atoms with van der Waals surface area (Å²) in [6.45, 7) is -3.05. The van der Waals surface area contributed by atoms with Crippen molar-refractivity contribution in [1.82, 2.24) is 0 Å². The van der Waals surface area contributed by atoms with E-state index in [0.717, 1.165) is 12.1 Å². The molecule has 0 radical (unpaired) electrons. The second-order valence-corrected chi connectivity index (χ2v) is 5.36. The van der Waals surface area contributed by atoms with Gasteiger partial charge >= 0.3 is 6.61 Å². The largest absolute Gasteiger partial charge is 0.493 e. The van der Waals surface area contributed by atoms with Crippen molar-refractivity contribution in [3.63, 3.8) is 0 Å². The summed E-state index contributed by atoms with van der Waals surface area (Å²) in [7, 11) is 2.56. The highest BCUT2D eigenvalue weighted by molar-refractivity contribution is 6.34. The Labute approximate surface area is 152 Å². The van der Waals surface area contributed by atoms with E-state index in [9.17, 15) is 18.0 Å². The van der Waals surface area contributed by atoms with E-state index in [1.54, 1.807) is 0 Å². The van der Waals surface area contributed by atoms with Gasteiger partial charge in [-0.15, -0.1) is 0 Å². The number of alkyl halides is 2. The third-order valence-electron chi connectivity index (χ3n) is 3.31. The molecule has 4 nitrogen and oxygen atoms in total. The smallest absolute Gasteiger partial charge is 0.387 e. The summed E-state index contributed by atoms with van der Waals surface area (Å²) in [5.74, 6) is -1.25. The monoisotopic (exact) mass is 386 g/mol. The fourth-order valence-corrected chi connectivity index (χ4v) is 2.41. The normalized spacial score (nSPS) is 11.0. The summed E-state index contributed by atoms with van der Waals surface area (Å²) in [4.78, 5) is 12.2. The van der Waals surface area contributed by atoms with Crippen molar-refractivity contribution in [2.75, 3.05) is 14.2 Å². The van der Waals surface area contributed by atoms with E-state index in [4.69, 9.17) is 21.1 Å². The minimum absolute atomic E-state index is 0.0107. The van der Waals surface area contributed by atoms with Gasteiger partial charge in [0.05, 0.1) is 19.2 Å². The Morgan fingerprint density at radius 2 is 1.73 bits per heavy atom. The van der Waals surface area contributed by atoms with Crippen molar-refractivity contribution >= 4 is 23.5 Å². The molecule has 0 spiro atoms. The van der Waals surface area contributed by atoms with Crippen molar-refractivity contribution in [3.8, 4) is 17.2 Å². The molecular formula is C18H14ClF3O4. The van der Waals surface area contributed by atoms with E-state index < -0.39 is 18.2 Å². The van der Waals surface area contributed by atoms with Gasteiger partial charge in [0.15, 0.2) is 17.3 Å². The van der Waals surface area contributed by atoms with Crippen LogP contribution in [0.2, 0.25) is 5.02 Å². The van der Waals surface area contributed by atoms with E-state index in [-0.39, 0.29) is 27.8 Å². The van der Waals surface area contributed by atoms with Crippen LogP contribution in [-0.2, 0) is 0 Å².